The van der Waals surface area contributed by atoms with Crippen LogP contribution in [0.4, 0.5) is 5.82 Å². The Morgan fingerprint density at radius 3 is 2.67 bits per heavy atom. The van der Waals surface area contributed by atoms with Crippen molar-refractivity contribution in [1.82, 2.24) is 24.5 Å². The maximum absolute atomic E-state index is 12.3. The van der Waals surface area contributed by atoms with Gasteiger partial charge in [-0.2, -0.15) is 5.10 Å². The Morgan fingerprint density at radius 2 is 1.87 bits per heavy atom. The molecule has 1 fully saturated rings. The molecule has 0 atom stereocenters. The number of hydrogen-bond donors (Lipinski definition) is 0. The Balaban J connectivity index is 1.29. The number of anilines is 1. The minimum Gasteiger partial charge on any atom is -0.357 e. The largest absolute Gasteiger partial charge is 0.357 e. The van der Waals surface area contributed by atoms with Crippen LogP contribution in [0.3, 0.4) is 0 Å². The number of piperidine rings is 1. The Bertz CT molecular complexity index is 1220. The van der Waals surface area contributed by atoms with E-state index in [4.69, 9.17) is 4.98 Å². The number of benzene rings is 1. The SMILES string of the molecule is Cc1cc(N2CCC(Cn3nc(-n4cccn4)ccc3=O)CC2)nc2ccccc12. The minimum absolute atomic E-state index is 0.0693. The fourth-order valence-electron chi connectivity index (χ4n) is 4.18. The second-order valence-electron chi connectivity index (χ2n) is 7.91. The number of pyridine rings is 1. The van der Waals surface area contributed by atoms with E-state index in [2.05, 4.69) is 46.3 Å². The molecule has 5 rings (SSSR count). The van der Waals surface area contributed by atoms with Gasteiger partial charge in [0.25, 0.3) is 5.56 Å². The third-order valence-electron chi connectivity index (χ3n) is 5.87. The molecule has 0 aliphatic carbocycles. The first kappa shape index (κ1) is 18.5. The monoisotopic (exact) mass is 400 g/mol. The van der Waals surface area contributed by atoms with E-state index in [9.17, 15) is 4.79 Å². The van der Waals surface area contributed by atoms with Gasteiger partial charge in [0, 0.05) is 43.5 Å². The average molecular weight is 400 g/mol. The molecule has 0 spiro atoms. The lowest BCUT2D eigenvalue weighted by Gasteiger charge is -2.33. The van der Waals surface area contributed by atoms with Crippen LogP contribution in [0.2, 0.25) is 0 Å². The van der Waals surface area contributed by atoms with E-state index in [0.29, 0.717) is 18.3 Å². The minimum atomic E-state index is -0.0693. The first-order valence-electron chi connectivity index (χ1n) is 10.4. The first-order chi connectivity index (χ1) is 14.7. The molecule has 1 aliphatic rings. The van der Waals surface area contributed by atoms with Crippen molar-refractivity contribution in [2.24, 2.45) is 5.92 Å². The van der Waals surface area contributed by atoms with Gasteiger partial charge in [0.1, 0.15) is 5.82 Å². The summed E-state index contributed by atoms with van der Waals surface area (Å²) in [6.45, 7) is 4.64. The number of aromatic nitrogens is 5. The van der Waals surface area contributed by atoms with Crippen LogP contribution >= 0.6 is 0 Å². The number of nitrogens with zero attached hydrogens (tertiary/aromatic N) is 6. The molecule has 0 amide bonds. The first-order valence-corrected chi connectivity index (χ1v) is 10.4. The van der Waals surface area contributed by atoms with Crippen molar-refractivity contribution in [2.75, 3.05) is 18.0 Å². The van der Waals surface area contributed by atoms with Gasteiger partial charge >= 0.3 is 0 Å². The van der Waals surface area contributed by atoms with Gasteiger partial charge in [0.2, 0.25) is 0 Å². The molecule has 3 aromatic heterocycles. The fourth-order valence-corrected chi connectivity index (χ4v) is 4.18. The molecule has 0 bridgehead atoms. The van der Waals surface area contributed by atoms with Crippen LogP contribution in [0.15, 0.2) is 65.7 Å². The van der Waals surface area contributed by atoms with E-state index in [1.165, 1.54) is 10.9 Å². The highest BCUT2D eigenvalue weighted by atomic mass is 16.1. The summed E-state index contributed by atoms with van der Waals surface area (Å²) in [6.07, 6.45) is 5.55. The van der Waals surface area contributed by atoms with E-state index < -0.39 is 0 Å². The highest BCUT2D eigenvalue weighted by Crippen LogP contribution is 2.26. The normalized spacial score (nSPS) is 15.0. The van der Waals surface area contributed by atoms with Crippen LogP contribution in [0.1, 0.15) is 18.4 Å². The lowest BCUT2D eigenvalue weighted by molar-refractivity contribution is 0.333. The molecule has 4 aromatic rings. The summed E-state index contributed by atoms with van der Waals surface area (Å²) in [7, 11) is 0. The second kappa shape index (κ2) is 7.74. The van der Waals surface area contributed by atoms with E-state index in [0.717, 1.165) is 37.3 Å². The van der Waals surface area contributed by atoms with Crippen LogP contribution in [0, 0.1) is 12.8 Å². The Labute approximate surface area is 174 Å². The Morgan fingerprint density at radius 1 is 1.03 bits per heavy atom. The lowest BCUT2D eigenvalue weighted by atomic mass is 9.96. The quantitative estimate of drug-likeness (QED) is 0.526. The topological polar surface area (TPSA) is 68.8 Å². The highest BCUT2D eigenvalue weighted by Gasteiger charge is 2.22. The molecule has 0 saturated carbocycles. The molecule has 0 radical (unpaired) electrons. The molecular weight excluding hydrogens is 376 g/mol. The maximum atomic E-state index is 12.3. The van der Waals surface area contributed by atoms with E-state index in [-0.39, 0.29) is 5.56 Å². The fraction of sp³-hybridized carbons (Fsp3) is 0.304. The summed E-state index contributed by atoms with van der Waals surface area (Å²) >= 11 is 0. The molecule has 4 heterocycles. The molecule has 1 saturated heterocycles. The molecule has 7 heteroatoms. The zero-order valence-electron chi connectivity index (χ0n) is 17.0. The average Bonchev–Trinajstić information content (AvgIpc) is 3.31. The van der Waals surface area contributed by atoms with E-state index >= 15 is 0 Å². The smallest absolute Gasteiger partial charge is 0.266 e. The molecule has 0 unspecified atom stereocenters. The number of rotatable bonds is 4. The lowest BCUT2D eigenvalue weighted by Crippen LogP contribution is -2.37. The predicted octanol–water partition coefficient (Wildman–Crippen LogP) is 3.20. The summed E-state index contributed by atoms with van der Waals surface area (Å²) in [5.74, 6) is 2.12. The summed E-state index contributed by atoms with van der Waals surface area (Å²) in [6, 6.07) is 15.6. The van der Waals surface area contributed by atoms with Crippen LogP contribution in [0.5, 0.6) is 0 Å². The van der Waals surface area contributed by atoms with Gasteiger partial charge in [-0.25, -0.2) is 14.3 Å². The summed E-state index contributed by atoms with van der Waals surface area (Å²) in [5.41, 5.74) is 2.23. The second-order valence-corrected chi connectivity index (χ2v) is 7.91. The van der Waals surface area contributed by atoms with Crippen LogP contribution in [0.25, 0.3) is 16.7 Å². The number of aryl methyl sites for hydroxylation is 1. The molecule has 7 nitrogen and oxygen atoms in total. The van der Waals surface area contributed by atoms with Gasteiger partial charge in [-0.1, -0.05) is 18.2 Å². The van der Waals surface area contributed by atoms with Crippen molar-refractivity contribution in [1.29, 1.82) is 0 Å². The van der Waals surface area contributed by atoms with Gasteiger partial charge < -0.3 is 4.90 Å². The van der Waals surface area contributed by atoms with Gasteiger partial charge in [-0.05, 0) is 55.5 Å². The van der Waals surface area contributed by atoms with Gasteiger partial charge in [0.15, 0.2) is 5.82 Å². The molecule has 1 aliphatic heterocycles. The summed E-state index contributed by atoms with van der Waals surface area (Å²) in [5, 5.41) is 9.92. The highest BCUT2D eigenvalue weighted by molar-refractivity contribution is 5.83. The third-order valence-corrected chi connectivity index (χ3v) is 5.87. The van der Waals surface area contributed by atoms with Crippen molar-refractivity contribution < 1.29 is 0 Å². The summed E-state index contributed by atoms with van der Waals surface area (Å²) in [4.78, 5) is 19.5. The zero-order valence-corrected chi connectivity index (χ0v) is 17.0. The van der Waals surface area contributed by atoms with Crippen molar-refractivity contribution in [3.05, 3.63) is 76.8 Å². The van der Waals surface area contributed by atoms with Crippen LogP contribution < -0.4 is 10.5 Å². The molecule has 30 heavy (non-hydrogen) atoms. The standard InChI is InChI=1S/C23H24N6O/c1-17-15-22(25-20-6-3-2-5-19(17)20)27-13-9-18(10-14-27)16-29-23(30)8-7-21(26-29)28-12-4-11-24-28/h2-8,11-12,15,18H,9-10,13-14,16H2,1H3. The van der Waals surface area contributed by atoms with Gasteiger partial charge in [-0.3, -0.25) is 4.79 Å². The predicted molar refractivity (Wildman–Crippen MR) is 117 cm³/mol. The summed E-state index contributed by atoms with van der Waals surface area (Å²) < 4.78 is 3.25. The Hall–Kier alpha value is -3.48. The maximum Gasteiger partial charge on any atom is 0.266 e. The zero-order chi connectivity index (χ0) is 20.5. The third kappa shape index (κ3) is 3.58. The van der Waals surface area contributed by atoms with E-state index in [1.54, 1.807) is 27.7 Å². The van der Waals surface area contributed by atoms with Gasteiger partial charge in [-0.15, -0.1) is 5.10 Å². The Kier molecular flexibility index (Phi) is 4.78. The number of para-hydroxylation sites is 1. The van der Waals surface area contributed by atoms with E-state index in [1.807, 2.05) is 18.3 Å². The van der Waals surface area contributed by atoms with Gasteiger partial charge in [0.05, 0.1) is 5.52 Å². The molecule has 0 N–H and O–H groups in total. The van der Waals surface area contributed by atoms with Crippen molar-refractivity contribution in [2.45, 2.75) is 26.3 Å². The molecular formula is C23H24N6O. The number of fused-ring (bicyclic) bond motifs is 1. The number of hydrogen-bond acceptors (Lipinski definition) is 5. The van der Waals surface area contributed by atoms with Crippen molar-refractivity contribution >= 4 is 16.7 Å². The van der Waals surface area contributed by atoms with Crippen molar-refractivity contribution in [3.8, 4) is 5.82 Å². The van der Waals surface area contributed by atoms with Crippen LogP contribution in [-0.4, -0.2) is 37.6 Å². The van der Waals surface area contributed by atoms with Crippen LogP contribution in [-0.2, 0) is 6.54 Å². The molecule has 152 valence electrons. The molecule has 1 aromatic carbocycles. The van der Waals surface area contributed by atoms with Crippen molar-refractivity contribution in [3.63, 3.8) is 0 Å².